The molecule has 6 rings (SSSR count). The SMILES string of the molecule is Cc1ccc(NC(=O)[C@@H]2[C@@H]3C=C[C@]4(O3)[C@@H]2C(=O)N(C2CCCCCCC2)[C@H]4C(=O)NC2CCCCC2)cc1Cl. The highest BCUT2D eigenvalue weighted by atomic mass is 35.5. The molecule has 5 atom stereocenters. The number of nitrogens with one attached hydrogen (secondary N) is 2. The molecule has 1 spiro atoms. The lowest BCUT2D eigenvalue weighted by molar-refractivity contribution is -0.144. The fourth-order valence-corrected chi connectivity index (χ4v) is 7.92. The third-order valence-electron chi connectivity index (χ3n) is 9.72. The van der Waals surface area contributed by atoms with Crippen molar-refractivity contribution in [3.63, 3.8) is 0 Å². The molecule has 3 heterocycles. The molecule has 3 amide bonds. The standard InChI is InChI=1S/C31H40ClN3O4/c1-19-14-15-21(18-23(19)32)34-28(36)25-24-16-17-31(39-24)26(25)30(38)35(22-12-8-3-2-4-9-13-22)27(31)29(37)33-20-10-6-5-7-11-20/h14-18,20,22,24-27H,2-13H2,1H3,(H,33,37)(H,34,36)/t24-,25+,26-,27-,31-/m0/s1. The summed E-state index contributed by atoms with van der Waals surface area (Å²) < 4.78 is 6.55. The normalized spacial score (nSPS) is 33.1. The van der Waals surface area contributed by atoms with Crippen LogP contribution in [0, 0.1) is 18.8 Å². The maximum Gasteiger partial charge on any atom is 0.246 e. The molecule has 0 aromatic heterocycles. The molecule has 2 saturated heterocycles. The number of aryl methyl sites for hydroxylation is 1. The molecule has 7 nitrogen and oxygen atoms in total. The summed E-state index contributed by atoms with van der Waals surface area (Å²) in [5.41, 5.74) is 0.397. The quantitative estimate of drug-likeness (QED) is 0.484. The van der Waals surface area contributed by atoms with E-state index in [0.29, 0.717) is 10.7 Å². The molecule has 1 aromatic rings. The minimum absolute atomic E-state index is 0.0180. The molecule has 210 valence electrons. The summed E-state index contributed by atoms with van der Waals surface area (Å²) in [6.45, 7) is 1.91. The van der Waals surface area contributed by atoms with Crippen LogP contribution < -0.4 is 10.6 Å². The smallest absolute Gasteiger partial charge is 0.246 e. The minimum Gasteiger partial charge on any atom is -0.359 e. The first-order valence-electron chi connectivity index (χ1n) is 15.0. The van der Waals surface area contributed by atoms with E-state index in [9.17, 15) is 14.4 Å². The van der Waals surface area contributed by atoms with Gasteiger partial charge in [-0.3, -0.25) is 14.4 Å². The fourth-order valence-electron chi connectivity index (χ4n) is 7.74. The number of nitrogens with zero attached hydrogens (tertiary/aromatic N) is 1. The Labute approximate surface area is 236 Å². The lowest BCUT2D eigenvalue weighted by Crippen LogP contribution is -2.58. The average molecular weight is 554 g/mol. The van der Waals surface area contributed by atoms with Gasteiger partial charge in [-0.25, -0.2) is 0 Å². The number of carbonyl (C=O) groups is 3. The summed E-state index contributed by atoms with van der Waals surface area (Å²) in [6.07, 6.45) is 16.0. The van der Waals surface area contributed by atoms with Crippen molar-refractivity contribution in [1.29, 1.82) is 0 Å². The number of halogens is 1. The van der Waals surface area contributed by atoms with Crippen molar-refractivity contribution in [3.05, 3.63) is 40.9 Å². The highest BCUT2D eigenvalue weighted by Crippen LogP contribution is 2.56. The first-order chi connectivity index (χ1) is 18.9. The van der Waals surface area contributed by atoms with E-state index >= 15 is 0 Å². The van der Waals surface area contributed by atoms with Crippen LogP contribution >= 0.6 is 11.6 Å². The number of fused-ring (bicyclic) bond motifs is 1. The zero-order valence-corrected chi connectivity index (χ0v) is 23.6. The molecule has 2 aliphatic carbocycles. The lowest BCUT2D eigenvalue weighted by Gasteiger charge is -2.38. The predicted molar refractivity (Wildman–Crippen MR) is 150 cm³/mol. The van der Waals surface area contributed by atoms with Crippen molar-refractivity contribution < 1.29 is 19.1 Å². The summed E-state index contributed by atoms with van der Waals surface area (Å²) in [5, 5.41) is 6.85. The summed E-state index contributed by atoms with van der Waals surface area (Å²) in [4.78, 5) is 44.0. The van der Waals surface area contributed by atoms with Gasteiger partial charge in [-0.1, -0.05) is 81.2 Å². The highest BCUT2D eigenvalue weighted by molar-refractivity contribution is 6.31. The molecule has 8 heteroatoms. The number of anilines is 1. The van der Waals surface area contributed by atoms with E-state index in [2.05, 4.69) is 10.6 Å². The Bertz CT molecular complexity index is 1160. The van der Waals surface area contributed by atoms with Gasteiger partial charge in [0.2, 0.25) is 17.7 Å². The molecule has 2 saturated carbocycles. The van der Waals surface area contributed by atoms with Gasteiger partial charge in [0.15, 0.2) is 0 Å². The molecule has 2 N–H and O–H groups in total. The van der Waals surface area contributed by atoms with Crippen LogP contribution in [0.25, 0.3) is 0 Å². The van der Waals surface area contributed by atoms with Crippen molar-refractivity contribution in [1.82, 2.24) is 10.2 Å². The van der Waals surface area contributed by atoms with E-state index in [1.54, 1.807) is 6.07 Å². The lowest BCUT2D eigenvalue weighted by atomic mass is 9.74. The second kappa shape index (κ2) is 10.9. The minimum atomic E-state index is -1.12. The maximum absolute atomic E-state index is 14.4. The second-order valence-corrected chi connectivity index (χ2v) is 12.6. The Morgan fingerprint density at radius 3 is 2.36 bits per heavy atom. The van der Waals surface area contributed by atoms with E-state index in [-0.39, 0.29) is 29.8 Å². The van der Waals surface area contributed by atoms with Gasteiger partial charge in [0.05, 0.1) is 17.9 Å². The van der Waals surface area contributed by atoms with Crippen molar-refractivity contribution in [2.75, 3.05) is 5.32 Å². The average Bonchev–Trinajstić information content (AvgIpc) is 3.54. The molecule has 4 fully saturated rings. The van der Waals surface area contributed by atoms with Crippen LogP contribution in [0.3, 0.4) is 0 Å². The van der Waals surface area contributed by atoms with Gasteiger partial charge in [-0.2, -0.15) is 0 Å². The van der Waals surface area contributed by atoms with Gasteiger partial charge in [-0.05, 0) is 50.3 Å². The van der Waals surface area contributed by atoms with E-state index in [1.807, 2.05) is 36.1 Å². The number of benzene rings is 1. The zero-order chi connectivity index (χ0) is 27.1. The third-order valence-corrected chi connectivity index (χ3v) is 10.1. The Morgan fingerprint density at radius 1 is 0.974 bits per heavy atom. The van der Waals surface area contributed by atoms with Crippen LogP contribution in [0.1, 0.15) is 82.6 Å². The Kier molecular flexibility index (Phi) is 7.49. The van der Waals surface area contributed by atoms with E-state index in [4.69, 9.17) is 16.3 Å². The second-order valence-electron chi connectivity index (χ2n) is 12.2. The third kappa shape index (κ3) is 4.80. The van der Waals surface area contributed by atoms with Gasteiger partial charge >= 0.3 is 0 Å². The molecule has 1 aromatic carbocycles. The van der Waals surface area contributed by atoms with Gasteiger partial charge < -0.3 is 20.3 Å². The number of carbonyl (C=O) groups excluding carboxylic acids is 3. The molecule has 3 aliphatic heterocycles. The van der Waals surface area contributed by atoms with Gasteiger partial charge in [-0.15, -0.1) is 0 Å². The van der Waals surface area contributed by atoms with Crippen molar-refractivity contribution in [2.45, 2.75) is 114 Å². The molecular weight excluding hydrogens is 514 g/mol. The molecule has 0 unspecified atom stereocenters. The van der Waals surface area contributed by atoms with Crippen molar-refractivity contribution in [3.8, 4) is 0 Å². The van der Waals surface area contributed by atoms with Gasteiger partial charge in [0.25, 0.3) is 0 Å². The summed E-state index contributed by atoms with van der Waals surface area (Å²) in [7, 11) is 0. The van der Waals surface area contributed by atoms with Crippen LogP contribution in [0.15, 0.2) is 30.4 Å². The maximum atomic E-state index is 14.4. The first kappa shape index (κ1) is 26.8. The van der Waals surface area contributed by atoms with Gasteiger partial charge in [0.1, 0.15) is 11.6 Å². The van der Waals surface area contributed by atoms with Crippen LogP contribution in [-0.4, -0.2) is 52.5 Å². The number of rotatable bonds is 5. The molecular formula is C31H40ClN3O4. The predicted octanol–water partition coefficient (Wildman–Crippen LogP) is 5.30. The van der Waals surface area contributed by atoms with E-state index in [0.717, 1.165) is 69.8 Å². The topological polar surface area (TPSA) is 87.7 Å². The zero-order valence-electron chi connectivity index (χ0n) is 22.8. The van der Waals surface area contributed by atoms with Crippen LogP contribution in [0.2, 0.25) is 5.02 Å². The number of likely N-dealkylation sites (tertiary alicyclic amines) is 1. The van der Waals surface area contributed by atoms with E-state index in [1.165, 1.54) is 12.8 Å². The van der Waals surface area contributed by atoms with Gasteiger partial charge in [0, 0.05) is 22.8 Å². The number of hydrogen-bond donors (Lipinski definition) is 2. The largest absolute Gasteiger partial charge is 0.359 e. The Balaban J connectivity index is 1.32. The number of ether oxygens (including phenoxy) is 1. The highest BCUT2D eigenvalue weighted by Gasteiger charge is 2.73. The number of amides is 3. The first-order valence-corrected chi connectivity index (χ1v) is 15.3. The van der Waals surface area contributed by atoms with Crippen molar-refractivity contribution in [2.24, 2.45) is 11.8 Å². The molecule has 2 bridgehead atoms. The van der Waals surface area contributed by atoms with Crippen molar-refractivity contribution >= 4 is 35.0 Å². The van der Waals surface area contributed by atoms with Crippen LogP contribution in [0.5, 0.6) is 0 Å². The molecule has 5 aliphatic rings. The fraction of sp³-hybridized carbons (Fsp3) is 0.645. The van der Waals surface area contributed by atoms with Crippen LogP contribution in [0.4, 0.5) is 5.69 Å². The number of hydrogen-bond acceptors (Lipinski definition) is 4. The van der Waals surface area contributed by atoms with E-state index < -0.39 is 29.6 Å². The molecule has 39 heavy (non-hydrogen) atoms. The summed E-state index contributed by atoms with van der Waals surface area (Å²) in [5.74, 6) is -1.93. The Morgan fingerprint density at radius 2 is 1.64 bits per heavy atom. The Hall–Kier alpha value is -2.38. The van der Waals surface area contributed by atoms with Crippen LogP contribution in [-0.2, 0) is 19.1 Å². The molecule has 0 radical (unpaired) electrons. The summed E-state index contributed by atoms with van der Waals surface area (Å²) >= 11 is 6.30. The monoisotopic (exact) mass is 553 g/mol. The summed E-state index contributed by atoms with van der Waals surface area (Å²) in [6, 6.07) is 4.76.